The lowest BCUT2D eigenvalue weighted by Crippen LogP contribution is -2.38. The molecule has 2 aromatic carbocycles. The maximum atomic E-state index is 12.2. The van der Waals surface area contributed by atoms with Gasteiger partial charge in [0.25, 0.3) is 5.91 Å². The summed E-state index contributed by atoms with van der Waals surface area (Å²) in [5.74, 6) is 1.13. The Bertz CT molecular complexity index is 716. The number of ether oxygens (including phenoxy) is 1. The highest BCUT2D eigenvalue weighted by molar-refractivity contribution is 9.10. The summed E-state index contributed by atoms with van der Waals surface area (Å²) in [5, 5.41) is 2.90. The van der Waals surface area contributed by atoms with E-state index in [1.54, 1.807) is 12.1 Å². The predicted octanol–water partition coefficient (Wildman–Crippen LogP) is 3.50. The summed E-state index contributed by atoms with van der Waals surface area (Å²) in [6, 6.07) is 15.2. The van der Waals surface area contributed by atoms with E-state index in [2.05, 4.69) is 21.2 Å². The topological polar surface area (TPSA) is 64.3 Å². The smallest absolute Gasteiger partial charge is 0.251 e. The van der Waals surface area contributed by atoms with Gasteiger partial charge in [-0.1, -0.05) is 40.2 Å². The minimum atomic E-state index is -0.113. The summed E-state index contributed by atoms with van der Waals surface area (Å²) < 4.78 is 6.81. The van der Waals surface area contributed by atoms with E-state index >= 15 is 0 Å². The number of nitrogens with two attached hydrogens (primary N) is 1. The van der Waals surface area contributed by atoms with Crippen LogP contribution < -0.4 is 15.8 Å². The molecular formula is C19H21BrN2O2. The molecule has 0 heterocycles. The fraction of sp³-hybridized carbons (Fsp3) is 0.316. The van der Waals surface area contributed by atoms with Crippen molar-refractivity contribution in [2.45, 2.75) is 25.5 Å². The number of amides is 1. The molecule has 0 aromatic heterocycles. The van der Waals surface area contributed by atoms with Crippen LogP contribution in [0.2, 0.25) is 0 Å². The average molecular weight is 389 g/mol. The SMILES string of the molecule is NC(CNC(=O)c1cccc(OCc2ccccc2Br)c1)C1CC1. The third-order valence-electron chi connectivity index (χ3n) is 4.17. The molecule has 0 saturated heterocycles. The van der Waals surface area contributed by atoms with E-state index in [9.17, 15) is 4.79 Å². The van der Waals surface area contributed by atoms with Crippen molar-refractivity contribution in [1.82, 2.24) is 5.32 Å². The molecular weight excluding hydrogens is 368 g/mol. The Morgan fingerprint density at radius 3 is 2.79 bits per heavy atom. The normalized spacial score (nSPS) is 14.9. The predicted molar refractivity (Wildman–Crippen MR) is 97.9 cm³/mol. The lowest BCUT2D eigenvalue weighted by atomic mass is 10.1. The molecule has 0 radical (unpaired) electrons. The molecule has 0 spiro atoms. The maximum absolute atomic E-state index is 12.2. The molecule has 4 nitrogen and oxygen atoms in total. The molecule has 24 heavy (non-hydrogen) atoms. The molecule has 5 heteroatoms. The van der Waals surface area contributed by atoms with Gasteiger partial charge in [-0.2, -0.15) is 0 Å². The van der Waals surface area contributed by atoms with Gasteiger partial charge in [0.15, 0.2) is 0 Å². The van der Waals surface area contributed by atoms with Crippen LogP contribution in [0.3, 0.4) is 0 Å². The van der Waals surface area contributed by atoms with Crippen molar-refractivity contribution in [2.24, 2.45) is 11.7 Å². The molecule has 0 aliphatic heterocycles. The van der Waals surface area contributed by atoms with Gasteiger partial charge in [0, 0.05) is 28.2 Å². The zero-order valence-corrected chi connectivity index (χ0v) is 15.0. The molecule has 3 N–H and O–H groups in total. The molecule has 1 atom stereocenters. The standard InChI is InChI=1S/C19H21BrN2O2/c20-17-7-2-1-4-15(17)12-24-16-6-3-5-14(10-16)19(23)22-11-18(21)13-8-9-13/h1-7,10,13,18H,8-9,11-12,21H2,(H,22,23). The number of carbonyl (C=O) groups is 1. The molecule has 1 aliphatic rings. The first-order valence-corrected chi connectivity index (χ1v) is 8.93. The van der Waals surface area contributed by atoms with Crippen LogP contribution in [0.5, 0.6) is 5.75 Å². The van der Waals surface area contributed by atoms with E-state index in [4.69, 9.17) is 10.5 Å². The number of rotatable bonds is 7. The molecule has 2 aromatic rings. The summed E-state index contributed by atoms with van der Waals surface area (Å²) >= 11 is 3.50. The van der Waals surface area contributed by atoms with Gasteiger partial charge in [0.1, 0.15) is 12.4 Å². The Morgan fingerprint density at radius 2 is 2.04 bits per heavy atom. The van der Waals surface area contributed by atoms with Gasteiger partial charge < -0.3 is 15.8 Å². The van der Waals surface area contributed by atoms with Gasteiger partial charge in [-0.15, -0.1) is 0 Å². The molecule has 1 unspecified atom stereocenters. The summed E-state index contributed by atoms with van der Waals surface area (Å²) in [4.78, 5) is 12.2. The Balaban J connectivity index is 1.57. The molecule has 1 amide bonds. The number of carbonyl (C=O) groups excluding carboxylic acids is 1. The Labute approximate surface area is 150 Å². The minimum absolute atomic E-state index is 0.0591. The quantitative estimate of drug-likeness (QED) is 0.762. The summed E-state index contributed by atoms with van der Waals surface area (Å²) in [5.41, 5.74) is 7.66. The van der Waals surface area contributed by atoms with Crippen LogP contribution in [0.25, 0.3) is 0 Å². The first kappa shape index (κ1) is 17.0. The van der Waals surface area contributed by atoms with Crippen LogP contribution in [0, 0.1) is 5.92 Å². The largest absolute Gasteiger partial charge is 0.489 e. The van der Waals surface area contributed by atoms with Crippen molar-refractivity contribution in [2.75, 3.05) is 6.54 Å². The lowest BCUT2D eigenvalue weighted by Gasteiger charge is -2.12. The van der Waals surface area contributed by atoms with Crippen molar-refractivity contribution >= 4 is 21.8 Å². The van der Waals surface area contributed by atoms with Gasteiger partial charge in [-0.05, 0) is 43.0 Å². The van der Waals surface area contributed by atoms with Gasteiger partial charge in [-0.3, -0.25) is 4.79 Å². The first-order chi connectivity index (χ1) is 11.6. The van der Waals surface area contributed by atoms with Crippen LogP contribution >= 0.6 is 15.9 Å². The Hall–Kier alpha value is -1.85. The van der Waals surface area contributed by atoms with Crippen LogP contribution in [-0.4, -0.2) is 18.5 Å². The van der Waals surface area contributed by atoms with Crippen molar-refractivity contribution < 1.29 is 9.53 Å². The van der Waals surface area contributed by atoms with E-state index in [-0.39, 0.29) is 11.9 Å². The summed E-state index contributed by atoms with van der Waals surface area (Å²) in [7, 11) is 0. The molecule has 1 saturated carbocycles. The monoisotopic (exact) mass is 388 g/mol. The summed E-state index contributed by atoms with van der Waals surface area (Å²) in [6.45, 7) is 0.963. The van der Waals surface area contributed by atoms with Crippen molar-refractivity contribution in [3.63, 3.8) is 0 Å². The van der Waals surface area contributed by atoms with E-state index in [0.29, 0.717) is 30.4 Å². The Kier molecular flexibility index (Phi) is 5.53. The molecule has 1 fully saturated rings. The van der Waals surface area contributed by atoms with Gasteiger partial charge in [-0.25, -0.2) is 0 Å². The second-order valence-electron chi connectivity index (χ2n) is 6.12. The van der Waals surface area contributed by atoms with Crippen molar-refractivity contribution in [3.05, 3.63) is 64.1 Å². The van der Waals surface area contributed by atoms with Gasteiger partial charge in [0.05, 0.1) is 0 Å². The average Bonchev–Trinajstić information content (AvgIpc) is 3.44. The van der Waals surface area contributed by atoms with E-state index in [1.807, 2.05) is 36.4 Å². The third-order valence-corrected chi connectivity index (χ3v) is 4.95. The minimum Gasteiger partial charge on any atom is -0.489 e. The first-order valence-electron chi connectivity index (χ1n) is 8.13. The highest BCUT2D eigenvalue weighted by Gasteiger charge is 2.28. The number of halogens is 1. The highest BCUT2D eigenvalue weighted by Crippen LogP contribution is 2.31. The second-order valence-corrected chi connectivity index (χ2v) is 6.97. The molecule has 1 aliphatic carbocycles. The number of hydrogen-bond donors (Lipinski definition) is 2. The van der Waals surface area contributed by atoms with Gasteiger partial charge in [0.2, 0.25) is 0 Å². The molecule has 126 valence electrons. The zero-order chi connectivity index (χ0) is 16.9. The third kappa shape index (κ3) is 4.58. The number of benzene rings is 2. The highest BCUT2D eigenvalue weighted by atomic mass is 79.9. The number of nitrogens with one attached hydrogen (secondary N) is 1. The van der Waals surface area contributed by atoms with Crippen molar-refractivity contribution in [1.29, 1.82) is 0 Å². The fourth-order valence-electron chi connectivity index (χ4n) is 2.51. The van der Waals surface area contributed by atoms with Crippen LogP contribution in [-0.2, 0) is 6.61 Å². The van der Waals surface area contributed by atoms with Gasteiger partial charge >= 0.3 is 0 Å². The molecule has 3 rings (SSSR count). The zero-order valence-electron chi connectivity index (χ0n) is 13.4. The number of hydrogen-bond acceptors (Lipinski definition) is 3. The fourth-order valence-corrected chi connectivity index (χ4v) is 2.91. The van der Waals surface area contributed by atoms with E-state index < -0.39 is 0 Å². The van der Waals surface area contributed by atoms with Crippen LogP contribution in [0.15, 0.2) is 53.0 Å². The second kappa shape index (κ2) is 7.81. The van der Waals surface area contributed by atoms with E-state index in [1.165, 1.54) is 12.8 Å². The van der Waals surface area contributed by atoms with E-state index in [0.717, 1.165) is 10.0 Å². The Morgan fingerprint density at radius 1 is 1.25 bits per heavy atom. The van der Waals surface area contributed by atoms with Crippen LogP contribution in [0.4, 0.5) is 0 Å². The van der Waals surface area contributed by atoms with Crippen LogP contribution in [0.1, 0.15) is 28.8 Å². The lowest BCUT2D eigenvalue weighted by molar-refractivity contribution is 0.0950. The van der Waals surface area contributed by atoms with Crippen molar-refractivity contribution in [3.8, 4) is 5.75 Å². The molecule has 0 bridgehead atoms. The summed E-state index contributed by atoms with van der Waals surface area (Å²) in [6.07, 6.45) is 2.35. The maximum Gasteiger partial charge on any atom is 0.251 e.